The van der Waals surface area contributed by atoms with Gasteiger partial charge in [-0.2, -0.15) is 0 Å². The number of imidazole rings is 1. The van der Waals surface area contributed by atoms with E-state index in [1.54, 1.807) is 0 Å². The Hall–Kier alpha value is -0.630. The zero-order chi connectivity index (χ0) is 19.7. The molecule has 0 aliphatic heterocycles. The van der Waals surface area contributed by atoms with Crippen LogP contribution in [0.4, 0.5) is 0 Å². The molecular formula is C22H33BrIN2O2+. The molecule has 0 bridgehead atoms. The van der Waals surface area contributed by atoms with Crippen LogP contribution < -0.4 is 4.57 Å². The number of hydrogen-bond acceptors (Lipinski definition) is 2. The Bertz CT molecular complexity index is 834. The zero-order valence-corrected chi connectivity index (χ0v) is 21.5. The maximum atomic E-state index is 12.9. The van der Waals surface area contributed by atoms with Crippen molar-refractivity contribution in [3.8, 4) is 0 Å². The summed E-state index contributed by atoms with van der Waals surface area (Å²) >= 11 is 3.56. The Morgan fingerprint density at radius 1 is 1.36 bits per heavy atom. The van der Waals surface area contributed by atoms with E-state index in [-0.39, 0.29) is 42.6 Å². The van der Waals surface area contributed by atoms with E-state index in [0.717, 1.165) is 40.6 Å². The number of hydrogen-bond donors (Lipinski definition) is 0. The Labute approximate surface area is 194 Å². The van der Waals surface area contributed by atoms with Crippen LogP contribution in [0.2, 0.25) is 0 Å². The van der Waals surface area contributed by atoms with Crippen molar-refractivity contribution in [1.82, 2.24) is 4.57 Å². The van der Waals surface area contributed by atoms with Gasteiger partial charge in [-0.25, -0.2) is 13.9 Å². The fourth-order valence-corrected chi connectivity index (χ4v) is 4.99. The molecule has 156 valence electrons. The molecule has 1 aromatic heterocycles. The molecular weight excluding hydrogens is 531 g/mol. The third kappa shape index (κ3) is 4.91. The predicted molar refractivity (Wildman–Crippen MR) is 127 cm³/mol. The summed E-state index contributed by atoms with van der Waals surface area (Å²) in [6, 6.07) is 6.22. The summed E-state index contributed by atoms with van der Waals surface area (Å²) in [7, 11) is 2.06. The van der Waals surface area contributed by atoms with Crippen LogP contribution in [0.5, 0.6) is 0 Å². The van der Waals surface area contributed by atoms with Crippen LogP contribution in [-0.4, -0.2) is 16.6 Å². The third-order valence-electron chi connectivity index (χ3n) is 6.14. The lowest BCUT2D eigenvalue weighted by Crippen LogP contribution is -2.37. The maximum absolute atomic E-state index is 12.9. The fourth-order valence-electron chi connectivity index (χ4n) is 4.65. The summed E-state index contributed by atoms with van der Waals surface area (Å²) in [4.78, 5) is 12.9. The number of aromatic nitrogens is 2. The van der Waals surface area contributed by atoms with E-state index in [4.69, 9.17) is 4.74 Å². The first-order valence-electron chi connectivity index (χ1n) is 10.2. The summed E-state index contributed by atoms with van der Waals surface area (Å²) in [6.07, 6.45) is 4.30. The standard InChI is InChI=1S/C22H32BrN2O2.HI/c1-6-21-24(5)18-10-8-16(23)12-19(18)25(21)13-22(26)27-20-11-15(4)7-9-17(20)14(2)3;/h8,10,12,14-15,17,20H,6-7,9,11,13H2,1-5H3;1H/q+1;/t15-,17+,20?;/m1./s1. The second kappa shape index (κ2) is 9.92. The number of aryl methyl sites for hydroxylation is 1. The topological polar surface area (TPSA) is 35.1 Å². The predicted octanol–water partition coefficient (Wildman–Crippen LogP) is 5.41. The highest BCUT2D eigenvalue weighted by Crippen LogP contribution is 2.35. The molecule has 3 atom stereocenters. The lowest BCUT2D eigenvalue weighted by molar-refractivity contribution is -0.653. The van der Waals surface area contributed by atoms with Crippen LogP contribution in [-0.2, 0) is 29.5 Å². The van der Waals surface area contributed by atoms with Crippen LogP contribution in [0.1, 0.15) is 52.8 Å². The lowest BCUT2D eigenvalue weighted by atomic mass is 9.75. The van der Waals surface area contributed by atoms with Crippen molar-refractivity contribution in [2.24, 2.45) is 24.8 Å². The van der Waals surface area contributed by atoms with Crippen molar-refractivity contribution >= 4 is 56.9 Å². The van der Waals surface area contributed by atoms with E-state index in [9.17, 15) is 4.79 Å². The monoisotopic (exact) mass is 563 g/mol. The molecule has 28 heavy (non-hydrogen) atoms. The van der Waals surface area contributed by atoms with Crippen molar-refractivity contribution in [3.63, 3.8) is 0 Å². The molecule has 1 heterocycles. The van der Waals surface area contributed by atoms with Crippen LogP contribution >= 0.6 is 39.9 Å². The van der Waals surface area contributed by atoms with Crippen LogP contribution in [0.25, 0.3) is 11.0 Å². The molecule has 2 aromatic rings. The van der Waals surface area contributed by atoms with Gasteiger partial charge < -0.3 is 4.74 Å². The Balaban J connectivity index is 0.00000280. The molecule has 0 N–H and O–H groups in total. The fraction of sp³-hybridized carbons (Fsp3) is 0.636. The lowest BCUT2D eigenvalue weighted by Gasteiger charge is -2.36. The number of esters is 1. The van der Waals surface area contributed by atoms with E-state index in [1.807, 2.05) is 6.07 Å². The molecule has 1 saturated carbocycles. The number of ether oxygens (including phenoxy) is 1. The molecule has 0 spiro atoms. The maximum Gasteiger partial charge on any atom is 0.348 e. The molecule has 1 aromatic carbocycles. The van der Waals surface area contributed by atoms with Gasteiger partial charge in [0.2, 0.25) is 0 Å². The molecule has 1 unspecified atom stereocenters. The van der Waals surface area contributed by atoms with Gasteiger partial charge in [0.15, 0.2) is 17.6 Å². The molecule has 0 radical (unpaired) electrons. The normalized spacial score (nSPS) is 22.3. The highest BCUT2D eigenvalue weighted by atomic mass is 127. The van der Waals surface area contributed by atoms with Crippen LogP contribution in [0.15, 0.2) is 22.7 Å². The van der Waals surface area contributed by atoms with Crippen molar-refractivity contribution in [3.05, 3.63) is 28.5 Å². The molecule has 1 aliphatic carbocycles. The highest BCUT2D eigenvalue weighted by Gasteiger charge is 2.34. The molecule has 1 fully saturated rings. The third-order valence-corrected chi connectivity index (χ3v) is 6.63. The average molecular weight is 564 g/mol. The highest BCUT2D eigenvalue weighted by molar-refractivity contribution is 14.0. The Morgan fingerprint density at radius 2 is 2.07 bits per heavy atom. The Kier molecular flexibility index (Phi) is 8.38. The second-order valence-electron chi connectivity index (χ2n) is 8.40. The minimum absolute atomic E-state index is 0. The zero-order valence-electron chi connectivity index (χ0n) is 17.6. The van der Waals surface area contributed by atoms with Crippen LogP contribution in [0, 0.1) is 17.8 Å². The van der Waals surface area contributed by atoms with Crippen LogP contribution in [0.3, 0.4) is 0 Å². The SMILES string of the molecule is CCc1n(CC(=O)OC2C[C@H](C)CC[C@H]2C(C)C)c2cc(Br)ccc2[n+]1C.I. The minimum Gasteiger partial charge on any atom is -0.459 e. The van der Waals surface area contributed by atoms with E-state index in [1.165, 1.54) is 6.42 Å². The van der Waals surface area contributed by atoms with Gasteiger partial charge in [0.1, 0.15) is 6.10 Å². The first-order valence-corrected chi connectivity index (χ1v) is 11.0. The van der Waals surface area contributed by atoms with Crippen molar-refractivity contribution in [2.45, 2.75) is 66.0 Å². The summed E-state index contributed by atoms with van der Waals surface area (Å²) in [5.41, 5.74) is 2.20. The van der Waals surface area contributed by atoms with Crippen molar-refractivity contribution in [2.75, 3.05) is 0 Å². The van der Waals surface area contributed by atoms with Gasteiger partial charge in [0.05, 0.1) is 7.05 Å². The molecule has 3 rings (SSSR count). The average Bonchev–Trinajstić information content (AvgIpc) is 2.85. The molecule has 0 amide bonds. The Morgan fingerprint density at radius 3 is 2.71 bits per heavy atom. The van der Waals surface area contributed by atoms with Gasteiger partial charge in [-0.3, -0.25) is 0 Å². The van der Waals surface area contributed by atoms with Gasteiger partial charge in [0, 0.05) is 17.0 Å². The number of halogens is 2. The smallest absolute Gasteiger partial charge is 0.348 e. The van der Waals surface area contributed by atoms with E-state index in [0.29, 0.717) is 17.8 Å². The minimum atomic E-state index is -0.119. The first kappa shape index (κ1) is 23.6. The number of rotatable bonds is 5. The summed E-state index contributed by atoms with van der Waals surface area (Å²) in [5.74, 6) is 2.67. The van der Waals surface area contributed by atoms with Gasteiger partial charge in [-0.1, -0.05) is 50.0 Å². The van der Waals surface area contributed by atoms with Crippen molar-refractivity contribution in [1.29, 1.82) is 0 Å². The van der Waals surface area contributed by atoms with E-state index < -0.39 is 0 Å². The number of nitrogens with zero attached hydrogens (tertiary/aromatic N) is 2. The van der Waals surface area contributed by atoms with Gasteiger partial charge in [-0.05, 0) is 42.7 Å². The van der Waals surface area contributed by atoms with Gasteiger partial charge in [0.25, 0.3) is 5.82 Å². The molecule has 4 nitrogen and oxygen atoms in total. The van der Waals surface area contributed by atoms with Gasteiger partial charge in [-0.15, -0.1) is 24.0 Å². The quantitative estimate of drug-likeness (QED) is 0.277. The second-order valence-corrected chi connectivity index (χ2v) is 9.32. The summed E-state index contributed by atoms with van der Waals surface area (Å²) < 4.78 is 11.4. The molecule has 6 heteroatoms. The van der Waals surface area contributed by atoms with Crippen molar-refractivity contribution < 1.29 is 14.1 Å². The number of fused-ring (bicyclic) bond motifs is 1. The number of carbonyl (C=O) groups excluding carboxylic acids is 1. The van der Waals surface area contributed by atoms with E-state index in [2.05, 4.69) is 71.9 Å². The van der Waals surface area contributed by atoms with Gasteiger partial charge >= 0.3 is 5.97 Å². The summed E-state index contributed by atoms with van der Waals surface area (Å²) in [5, 5.41) is 0. The first-order chi connectivity index (χ1) is 12.8. The number of benzene rings is 1. The molecule has 0 saturated heterocycles. The largest absolute Gasteiger partial charge is 0.459 e. The van der Waals surface area contributed by atoms with E-state index >= 15 is 0 Å². The molecule has 1 aliphatic rings. The number of carbonyl (C=O) groups is 1. The summed E-state index contributed by atoms with van der Waals surface area (Å²) in [6.45, 7) is 9.15.